The minimum absolute atomic E-state index is 0. The van der Waals surface area contributed by atoms with E-state index in [0.29, 0.717) is 12.1 Å². The fraction of sp³-hybridized carbons (Fsp3) is 0.667. The molecule has 84 valence electrons. The van der Waals surface area contributed by atoms with E-state index in [1.165, 1.54) is 0 Å². The summed E-state index contributed by atoms with van der Waals surface area (Å²) in [4.78, 5) is 11.3. The average molecular weight is 241 g/mol. The van der Waals surface area contributed by atoms with Crippen LogP contribution in [0.5, 0.6) is 0 Å². The van der Waals surface area contributed by atoms with Crippen molar-refractivity contribution in [2.24, 2.45) is 16.9 Å². The van der Waals surface area contributed by atoms with Crippen LogP contribution < -0.4 is 11.5 Å². The Balaban J connectivity index is 0. The third kappa shape index (κ3) is 2.62. The Morgan fingerprint density at radius 1 is 1.36 bits per heavy atom. The van der Waals surface area contributed by atoms with E-state index >= 15 is 0 Å². The maximum absolute atomic E-state index is 11.3. The van der Waals surface area contributed by atoms with Crippen LogP contribution in [-0.4, -0.2) is 11.8 Å². The Morgan fingerprint density at radius 3 is 2.21 bits per heavy atom. The first-order chi connectivity index (χ1) is 5.36. The normalized spacial score (nSPS) is 25.1. The van der Waals surface area contributed by atoms with Gasteiger partial charge in [-0.2, -0.15) is 0 Å². The van der Waals surface area contributed by atoms with Crippen LogP contribution in [-0.2, 0) is 4.79 Å². The van der Waals surface area contributed by atoms with E-state index in [4.69, 9.17) is 11.5 Å². The predicted octanol–water partition coefficient (Wildman–Crippen LogP) is 1.39. The highest BCUT2D eigenvalue weighted by Crippen LogP contribution is 2.33. The highest BCUT2D eigenvalue weighted by Gasteiger charge is 2.36. The fourth-order valence-corrected chi connectivity index (χ4v) is 1.59. The van der Waals surface area contributed by atoms with E-state index in [9.17, 15) is 4.79 Å². The van der Waals surface area contributed by atoms with E-state index in [0.717, 1.165) is 5.57 Å². The van der Waals surface area contributed by atoms with Gasteiger partial charge >= 0.3 is 0 Å². The Labute approximate surface area is 97.1 Å². The zero-order valence-corrected chi connectivity index (χ0v) is 10.3. The van der Waals surface area contributed by atoms with Crippen molar-refractivity contribution in [3.8, 4) is 0 Å². The van der Waals surface area contributed by atoms with Gasteiger partial charge in [-0.15, -0.1) is 24.8 Å². The number of allylic oxidation sites excluding steroid dienone is 1. The average Bonchev–Trinajstić information content (AvgIpc) is 1.97. The van der Waals surface area contributed by atoms with Crippen molar-refractivity contribution in [2.45, 2.75) is 33.2 Å². The van der Waals surface area contributed by atoms with Gasteiger partial charge in [0, 0.05) is 12.5 Å². The van der Waals surface area contributed by atoms with Gasteiger partial charge < -0.3 is 11.5 Å². The van der Waals surface area contributed by atoms with Crippen LogP contribution in [0, 0.1) is 5.41 Å². The SMILES string of the molecule is CC1=C(N)C(=O)CC(C)(C)C1N.Cl.Cl. The minimum atomic E-state index is -0.149. The molecule has 1 aliphatic carbocycles. The summed E-state index contributed by atoms with van der Waals surface area (Å²) >= 11 is 0. The molecule has 0 fully saturated rings. The maximum atomic E-state index is 11.3. The standard InChI is InChI=1S/C9H16N2O.2ClH/c1-5-7(10)6(12)4-9(2,3)8(5)11;;/h8H,4,10-11H2,1-3H3;2*1H. The van der Waals surface area contributed by atoms with Crippen molar-refractivity contribution >= 4 is 30.6 Å². The molecule has 5 heteroatoms. The molecule has 1 aliphatic rings. The van der Waals surface area contributed by atoms with Gasteiger partial charge in [0.2, 0.25) is 0 Å². The summed E-state index contributed by atoms with van der Waals surface area (Å²) in [6, 6.07) is -0.0878. The number of nitrogens with two attached hydrogens (primary N) is 2. The molecule has 0 aliphatic heterocycles. The van der Waals surface area contributed by atoms with Gasteiger partial charge in [0.15, 0.2) is 5.78 Å². The summed E-state index contributed by atoms with van der Waals surface area (Å²) < 4.78 is 0. The molecule has 1 rings (SSSR count). The third-order valence-electron chi connectivity index (χ3n) is 2.65. The number of halogens is 2. The first-order valence-electron chi connectivity index (χ1n) is 4.11. The molecule has 14 heavy (non-hydrogen) atoms. The lowest BCUT2D eigenvalue weighted by molar-refractivity contribution is -0.118. The van der Waals surface area contributed by atoms with Crippen molar-refractivity contribution < 1.29 is 4.79 Å². The first kappa shape index (κ1) is 16.2. The van der Waals surface area contributed by atoms with Crippen LogP contribution >= 0.6 is 24.8 Å². The lowest BCUT2D eigenvalue weighted by Crippen LogP contribution is -2.45. The molecular weight excluding hydrogens is 223 g/mol. The molecule has 4 N–H and O–H groups in total. The van der Waals surface area contributed by atoms with Crippen LogP contribution in [0.1, 0.15) is 27.2 Å². The van der Waals surface area contributed by atoms with Crippen LogP contribution in [0.4, 0.5) is 0 Å². The molecule has 0 bridgehead atoms. The Bertz CT molecular complexity index is 262. The van der Waals surface area contributed by atoms with Gasteiger partial charge in [0.1, 0.15) is 0 Å². The van der Waals surface area contributed by atoms with Gasteiger partial charge in [0.05, 0.1) is 5.70 Å². The summed E-state index contributed by atoms with van der Waals surface area (Å²) in [7, 11) is 0. The van der Waals surface area contributed by atoms with Crippen molar-refractivity contribution in [3.63, 3.8) is 0 Å². The number of Topliss-reactive ketones (excluding diaryl/α,β-unsaturated/α-hetero) is 1. The number of ketones is 1. The molecule has 1 unspecified atom stereocenters. The van der Waals surface area contributed by atoms with Crippen molar-refractivity contribution in [2.75, 3.05) is 0 Å². The molecule has 0 aromatic carbocycles. The molecule has 0 aromatic heterocycles. The minimum Gasteiger partial charge on any atom is -0.396 e. The predicted molar refractivity (Wildman–Crippen MR) is 62.8 cm³/mol. The van der Waals surface area contributed by atoms with E-state index < -0.39 is 0 Å². The largest absolute Gasteiger partial charge is 0.396 e. The molecular formula is C9H18Cl2N2O. The number of rotatable bonds is 0. The molecule has 1 atom stereocenters. The van der Waals surface area contributed by atoms with E-state index in [2.05, 4.69) is 0 Å². The van der Waals surface area contributed by atoms with Crippen LogP contribution in [0.3, 0.4) is 0 Å². The topological polar surface area (TPSA) is 69.1 Å². The van der Waals surface area contributed by atoms with E-state index in [-0.39, 0.29) is 42.1 Å². The van der Waals surface area contributed by atoms with Crippen LogP contribution in [0.25, 0.3) is 0 Å². The number of hydrogen-bond donors (Lipinski definition) is 2. The van der Waals surface area contributed by atoms with Gasteiger partial charge in [-0.1, -0.05) is 13.8 Å². The zero-order valence-electron chi connectivity index (χ0n) is 8.66. The molecule has 0 heterocycles. The molecule has 3 nitrogen and oxygen atoms in total. The van der Waals surface area contributed by atoms with Gasteiger partial charge in [-0.25, -0.2) is 0 Å². The zero-order chi connectivity index (χ0) is 9.52. The summed E-state index contributed by atoms with van der Waals surface area (Å²) in [5.41, 5.74) is 12.5. The number of carbonyl (C=O) groups excluding carboxylic acids is 1. The Hall–Kier alpha value is -0.250. The summed E-state index contributed by atoms with van der Waals surface area (Å²) in [6.07, 6.45) is 0.456. The second-order valence-corrected chi connectivity index (χ2v) is 4.16. The Kier molecular flexibility index (Phi) is 5.79. The smallest absolute Gasteiger partial charge is 0.179 e. The third-order valence-corrected chi connectivity index (χ3v) is 2.65. The highest BCUT2D eigenvalue weighted by molar-refractivity contribution is 5.96. The van der Waals surface area contributed by atoms with Crippen molar-refractivity contribution in [1.29, 1.82) is 0 Å². The lowest BCUT2D eigenvalue weighted by Gasteiger charge is -2.36. The lowest BCUT2D eigenvalue weighted by atomic mass is 9.72. The number of carbonyl (C=O) groups is 1. The molecule has 0 aromatic rings. The second-order valence-electron chi connectivity index (χ2n) is 4.16. The molecule has 0 spiro atoms. The van der Waals surface area contributed by atoms with Crippen molar-refractivity contribution in [3.05, 3.63) is 11.3 Å². The number of hydrogen-bond acceptors (Lipinski definition) is 3. The van der Waals surface area contributed by atoms with Gasteiger partial charge in [0.25, 0.3) is 0 Å². The van der Waals surface area contributed by atoms with Gasteiger partial charge in [-0.3, -0.25) is 4.79 Å². The highest BCUT2D eigenvalue weighted by atomic mass is 35.5. The summed E-state index contributed by atoms with van der Waals surface area (Å²) in [5.74, 6) is 0.0270. The molecule has 0 saturated heterocycles. The first-order valence-corrected chi connectivity index (χ1v) is 4.11. The second kappa shape index (κ2) is 5.01. The fourth-order valence-electron chi connectivity index (χ4n) is 1.59. The molecule has 0 saturated carbocycles. The Morgan fingerprint density at radius 2 is 1.79 bits per heavy atom. The van der Waals surface area contributed by atoms with Crippen molar-refractivity contribution in [1.82, 2.24) is 0 Å². The van der Waals surface area contributed by atoms with Crippen LogP contribution in [0.2, 0.25) is 0 Å². The maximum Gasteiger partial charge on any atom is 0.179 e. The van der Waals surface area contributed by atoms with Gasteiger partial charge in [-0.05, 0) is 17.9 Å². The van der Waals surface area contributed by atoms with Crippen LogP contribution in [0.15, 0.2) is 11.3 Å². The van der Waals surface area contributed by atoms with E-state index in [1.807, 2.05) is 20.8 Å². The molecule has 0 amide bonds. The quantitative estimate of drug-likeness (QED) is 0.673. The summed E-state index contributed by atoms with van der Waals surface area (Å²) in [5, 5.41) is 0. The molecule has 0 radical (unpaired) electrons. The van der Waals surface area contributed by atoms with E-state index in [1.54, 1.807) is 0 Å². The summed E-state index contributed by atoms with van der Waals surface area (Å²) in [6.45, 7) is 5.82. The monoisotopic (exact) mass is 240 g/mol.